The third-order valence-corrected chi connectivity index (χ3v) is 7.60. The minimum Gasteiger partial charge on any atom is -0.251 e. The van der Waals surface area contributed by atoms with Crippen LogP contribution in [0.2, 0.25) is 0 Å². The summed E-state index contributed by atoms with van der Waals surface area (Å²) in [5, 5.41) is 0. The van der Waals surface area contributed by atoms with E-state index in [0.717, 1.165) is 49.7 Å². The van der Waals surface area contributed by atoms with Crippen LogP contribution in [0.25, 0.3) is 0 Å². The molecule has 0 spiro atoms. The second-order valence-electron chi connectivity index (χ2n) is 11.4. The standard InChI is InChI=1S/C30H51F2.Ti/c1-7-9-11-13-18-27(23-31)29(3,4)21-25-16-15-17-26(20-25)22-30(5,6)28(24-32)19-14-12-10-8-2;/h15-17,27-28H,7-14,18-19,21-24H2,1-6H3;/q-1;. The summed E-state index contributed by atoms with van der Waals surface area (Å²) < 4.78 is 27.8. The van der Waals surface area contributed by atoms with Crippen molar-refractivity contribution in [2.75, 3.05) is 13.3 Å². The van der Waals surface area contributed by atoms with E-state index in [4.69, 9.17) is 0 Å². The van der Waals surface area contributed by atoms with Gasteiger partial charge >= 0.3 is 0 Å². The van der Waals surface area contributed by atoms with Crippen LogP contribution in [0.4, 0.5) is 8.78 Å². The number of unbranched alkanes of at least 4 members (excludes halogenated alkanes) is 6. The molecular weight excluding hydrogens is 446 g/mol. The van der Waals surface area contributed by atoms with Crippen LogP contribution in [-0.2, 0) is 34.6 Å². The predicted octanol–water partition coefficient (Wildman–Crippen LogP) is 9.73. The van der Waals surface area contributed by atoms with Crippen molar-refractivity contribution >= 4 is 0 Å². The van der Waals surface area contributed by atoms with Gasteiger partial charge in [0.1, 0.15) is 0 Å². The maximum absolute atomic E-state index is 13.9. The van der Waals surface area contributed by atoms with Gasteiger partial charge in [0.2, 0.25) is 0 Å². The van der Waals surface area contributed by atoms with E-state index in [0.29, 0.717) is 0 Å². The fraction of sp³-hybridized carbons (Fsp3) is 0.800. The van der Waals surface area contributed by atoms with E-state index in [9.17, 15) is 8.78 Å². The van der Waals surface area contributed by atoms with Crippen molar-refractivity contribution in [3.8, 4) is 0 Å². The number of hydrogen-bond donors (Lipinski definition) is 0. The number of benzene rings is 1. The topological polar surface area (TPSA) is 0 Å². The molecule has 1 aromatic carbocycles. The van der Waals surface area contributed by atoms with Gasteiger partial charge in [-0.1, -0.05) is 92.9 Å². The molecule has 0 N–H and O–H groups in total. The number of hydrogen-bond acceptors (Lipinski definition) is 0. The minimum absolute atomic E-state index is 0. The Morgan fingerprint density at radius 3 is 1.42 bits per heavy atom. The van der Waals surface area contributed by atoms with Crippen molar-refractivity contribution in [1.29, 1.82) is 0 Å². The Bertz CT molecular complexity index is 562. The minimum atomic E-state index is -0.248. The molecule has 0 bridgehead atoms. The van der Waals surface area contributed by atoms with Crippen molar-refractivity contribution in [3.63, 3.8) is 0 Å². The van der Waals surface area contributed by atoms with Crippen LogP contribution in [0.1, 0.15) is 117 Å². The third-order valence-electron chi connectivity index (χ3n) is 7.60. The first kappa shape index (κ1) is 32.8. The number of rotatable bonds is 18. The van der Waals surface area contributed by atoms with E-state index in [1.807, 2.05) is 0 Å². The average molecular weight is 498 g/mol. The molecule has 0 aliphatic heterocycles. The number of alkyl halides is 2. The second-order valence-corrected chi connectivity index (χ2v) is 11.4. The summed E-state index contributed by atoms with van der Waals surface area (Å²) in [7, 11) is 0. The predicted molar refractivity (Wildman–Crippen MR) is 137 cm³/mol. The molecule has 0 saturated heterocycles. The summed E-state index contributed by atoms with van der Waals surface area (Å²) in [6.07, 6.45) is 13.2. The Kier molecular flexibility index (Phi) is 17.2. The van der Waals surface area contributed by atoms with Crippen LogP contribution in [0.5, 0.6) is 0 Å². The second kappa shape index (κ2) is 17.3. The zero-order valence-electron chi connectivity index (χ0n) is 22.5. The van der Waals surface area contributed by atoms with Crippen molar-refractivity contribution in [1.82, 2.24) is 0 Å². The Morgan fingerprint density at radius 2 is 1.09 bits per heavy atom. The zero-order chi connectivity index (χ0) is 24.0. The molecule has 2 unspecified atom stereocenters. The van der Waals surface area contributed by atoms with Crippen molar-refractivity contribution < 1.29 is 30.5 Å². The van der Waals surface area contributed by atoms with E-state index < -0.39 is 0 Å². The van der Waals surface area contributed by atoms with E-state index in [-0.39, 0.29) is 57.7 Å². The first-order chi connectivity index (χ1) is 15.2. The van der Waals surface area contributed by atoms with Gasteiger partial charge in [-0.15, -0.1) is 0 Å². The van der Waals surface area contributed by atoms with E-state index >= 15 is 0 Å². The van der Waals surface area contributed by atoms with Gasteiger partial charge in [-0.25, -0.2) is 0 Å². The summed E-state index contributed by atoms with van der Waals surface area (Å²) in [5.74, 6) is 0.179. The van der Waals surface area contributed by atoms with Gasteiger partial charge in [0, 0.05) is 21.7 Å². The fourth-order valence-corrected chi connectivity index (χ4v) is 5.04. The molecule has 0 fully saturated rings. The van der Waals surface area contributed by atoms with Gasteiger partial charge in [-0.2, -0.15) is 35.4 Å². The SMILES string of the molecule is CCCCCCC(CF)C(C)(C)Cc1[c-]c(CC(C)(C)C(CF)CCCCCC)ccc1.[Ti]. The average Bonchev–Trinajstić information content (AvgIpc) is 2.73. The molecule has 0 saturated carbocycles. The smallest absolute Gasteiger partial charge is 0.0927 e. The molecule has 0 heterocycles. The summed E-state index contributed by atoms with van der Waals surface area (Å²) in [6, 6.07) is 9.98. The van der Waals surface area contributed by atoms with E-state index in [2.05, 4.69) is 65.8 Å². The fourth-order valence-electron chi connectivity index (χ4n) is 5.04. The molecular formula is C30H51F2Ti-. The summed E-state index contributed by atoms with van der Waals surface area (Å²) in [5.41, 5.74) is 2.14. The first-order valence-corrected chi connectivity index (χ1v) is 13.3. The molecule has 0 nitrogen and oxygen atoms in total. The van der Waals surface area contributed by atoms with Crippen LogP contribution >= 0.6 is 0 Å². The van der Waals surface area contributed by atoms with Gasteiger partial charge in [-0.05, 0) is 48.3 Å². The molecule has 1 rings (SSSR count). The number of halogens is 2. The molecule has 1 aromatic rings. The Labute approximate surface area is 220 Å². The first-order valence-electron chi connectivity index (χ1n) is 13.3. The quantitative estimate of drug-likeness (QED) is 0.108. The van der Waals surface area contributed by atoms with Gasteiger partial charge < -0.3 is 0 Å². The van der Waals surface area contributed by atoms with Gasteiger partial charge in [-0.3, -0.25) is 8.78 Å². The Morgan fingerprint density at radius 1 is 0.697 bits per heavy atom. The van der Waals surface area contributed by atoms with Crippen LogP contribution in [0, 0.1) is 28.7 Å². The van der Waals surface area contributed by atoms with E-state index in [1.54, 1.807) is 0 Å². The van der Waals surface area contributed by atoms with Gasteiger partial charge in [0.25, 0.3) is 0 Å². The molecule has 33 heavy (non-hydrogen) atoms. The monoisotopic (exact) mass is 497 g/mol. The summed E-state index contributed by atoms with van der Waals surface area (Å²) >= 11 is 0. The largest absolute Gasteiger partial charge is 0.251 e. The van der Waals surface area contributed by atoms with Crippen LogP contribution < -0.4 is 0 Å². The maximum Gasteiger partial charge on any atom is 0.0927 e. The zero-order valence-corrected chi connectivity index (χ0v) is 24.1. The molecule has 0 aliphatic rings. The summed E-state index contributed by atoms with van der Waals surface area (Å²) in [6.45, 7) is 12.7. The molecule has 0 radical (unpaired) electrons. The molecule has 0 aliphatic carbocycles. The molecule has 0 aromatic heterocycles. The van der Waals surface area contributed by atoms with E-state index in [1.165, 1.54) is 38.5 Å². The molecule has 3 heteroatoms. The Balaban J connectivity index is 0.0000102. The maximum atomic E-state index is 13.9. The van der Waals surface area contributed by atoms with Crippen molar-refractivity contribution in [3.05, 3.63) is 35.4 Å². The van der Waals surface area contributed by atoms with Crippen LogP contribution in [0.15, 0.2) is 18.2 Å². The van der Waals surface area contributed by atoms with Gasteiger partial charge in [0.15, 0.2) is 0 Å². The normalized spacial score (nSPS) is 14.1. The van der Waals surface area contributed by atoms with Crippen molar-refractivity contribution in [2.24, 2.45) is 22.7 Å². The Hall–Kier alpha value is -0.206. The molecule has 2 atom stereocenters. The molecule has 0 amide bonds. The third kappa shape index (κ3) is 12.4. The van der Waals surface area contributed by atoms with Gasteiger partial charge in [0.05, 0.1) is 13.3 Å². The van der Waals surface area contributed by atoms with Crippen LogP contribution in [0.3, 0.4) is 0 Å². The van der Waals surface area contributed by atoms with Crippen molar-refractivity contribution in [2.45, 2.75) is 119 Å². The summed E-state index contributed by atoms with van der Waals surface area (Å²) in [4.78, 5) is 0. The van der Waals surface area contributed by atoms with Crippen LogP contribution in [-0.4, -0.2) is 13.3 Å². The molecule has 190 valence electrons.